The lowest BCUT2D eigenvalue weighted by Gasteiger charge is -2.08. The van der Waals surface area contributed by atoms with E-state index in [2.05, 4.69) is 4.98 Å². The van der Waals surface area contributed by atoms with Crippen molar-refractivity contribution in [1.82, 2.24) is 4.98 Å². The first kappa shape index (κ1) is 19.9. The lowest BCUT2D eigenvalue weighted by molar-refractivity contribution is -0.137. The number of carboxylic acid groups (broad SMARTS) is 1. The number of benzene rings is 2. The topological polar surface area (TPSA) is 59.4 Å². The highest BCUT2D eigenvalue weighted by Gasteiger charge is 2.30. The van der Waals surface area contributed by atoms with Gasteiger partial charge in [-0.1, -0.05) is 24.3 Å². The molecule has 3 rings (SSSR count). The van der Waals surface area contributed by atoms with Crippen molar-refractivity contribution in [1.29, 1.82) is 0 Å². The molecule has 0 bridgehead atoms. The second-order valence-electron chi connectivity index (χ2n) is 6.12. The van der Waals surface area contributed by atoms with Gasteiger partial charge >= 0.3 is 12.1 Å². The molecular formula is C20H16F3NO3S. The van der Waals surface area contributed by atoms with Crippen molar-refractivity contribution in [3.63, 3.8) is 0 Å². The van der Waals surface area contributed by atoms with E-state index in [1.54, 1.807) is 25.1 Å². The molecule has 0 unspecified atom stereocenters. The predicted molar refractivity (Wildman–Crippen MR) is 100 cm³/mol. The molecule has 0 amide bonds. The van der Waals surface area contributed by atoms with E-state index in [-0.39, 0.29) is 17.7 Å². The number of carbonyl (C=O) groups is 1. The third-order valence-corrected chi connectivity index (χ3v) is 5.35. The van der Waals surface area contributed by atoms with Crippen LogP contribution in [-0.2, 0) is 12.6 Å². The maximum Gasteiger partial charge on any atom is 0.416 e. The molecule has 0 aliphatic heterocycles. The number of hydrogen-bond donors (Lipinski definition) is 1. The molecule has 3 aromatic rings. The minimum Gasteiger partial charge on any atom is -0.496 e. The zero-order valence-electron chi connectivity index (χ0n) is 15.0. The first-order valence-corrected chi connectivity index (χ1v) is 9.05. The van der Waals surface area contributed by atoms with Gasteiger partial charge in [-0.15, -0.1) is 11.3 Å². The Morgan fingerprint density at radius 2 is 1.96 bits per heavy atom. The molecule has 146 valence electrons. The normalized spacial score (nSPS) is 11.5. The average Bonchev–Trinajstić information content (AvgIpc) is 3.00. The van der Waals surface area contributed by atoms with Gasteiger partial charge in [-0.25, -0.2) is 9.78 Å². The van der Waals surface area contributed by atoms with Crippen LogP contribution in [0.25, 0.3) is 10.4 Å². The Kier molecular flexibility index (Phi) is 5.42. The highest BCUT2D eigenvalue weighted by atomic mass is 32.1. The highest BCUT2D eigenvalue weighted by Crippen LogP contribution is 2.35. The molecule has 1 N–H and O–H groups in total. The number of aromatic carboxylic acids is 1. The fraction of sp³-hybridized carbons (Fsp3) is 0.200. The summed E-state index contributed by atoms with van der Waals surface area (Å²) in [6.07, 6.45) is -4.11. The summed E-state index contributed by atoms with van der Waals surface area (Å²) in [5, 5.41) is 9.87. The van der Waals surface area contributed by atoms with Crippen molar-refractivity contribution in [2.75, 3.05) is 7.11 Å². The summed E-state index contributed by atoms with van der Waals surface area (Å²) in [5.41, 5.74) is 1.35. The molecule has 8 heteroatoms. The number of aromatic nitrogens is 1. The van der Waals surface area contributed by atoms with Gasteiger partial charge in [0.25, 0.3) is 0 Å². The first-order valence-electron chi connectivity index (χ1n) is 8.23. The number of carboxylic acids is 1. The van der Waals surface area contributed by atoms with E-state index in [1.807, 2.05) is 0 Å². The Morgan fingerprint density at radius 1 is 1.21 bits per heavy atom. The fourth-order valence-electron chi connectivity index (χ4n) is 2.84. The lowest BCUT2D eigenvalue weighted by Crippen LogP contribution is -2.05. The van der Waals surface area contributed by atoms with E-state index in [1.165, 1.54) is 30.6 Å². The van der Waals surface area contributed by atoms with E-state index in [4.69, 9.17) is 4.74 Å². The third kappa shape index (κ3) is 4.17. The third-order valence-electron chi connectivity index (χ3n) is 4.14. The van der Waals surface area contributed by atoms with Gasteiger partial charge in [0.05, 0.1) is 28.3 Å². The first-order chi connectivity index (χ1) is 13.2. The number of halogens is 3. The SMILES string of the molecule is COc1cc(-c2sc(Cc3cccc(C(F)(F)F)c3)nc2C)ccc1C(=O)O. The van der Waals surface area contributed by atoms with E-state index in [9.17, 15) is 23.1 Å². The van der Waals surface area contributed by atoms with Crippen molar-refractivity contribution in [3.05, 3.63) is 69.9 Å². The van der Waals surface area contributed by atoms with Crippen LogP contribution in [0.2, 0.25) is 0 Å². The van der Waals surface area contributed by atoms with Gasteiger partial charge in [0, 0.05) is 6.42 Å². The second kappa shape index (κ2) is 7.63. The quantitative estimate of drug-likeness (QED) is 0.612. The number of rotatable bonds is 5. The zero-order valence-corrected chi connectivity index (χ0v) is 15.8. The maximum absolute atomic E-state index is 12.9. The van der Waals surface area contributed by atoms with Crippen molar-refractivity contribution in [2.24, 2.45) is 0 Å². The van der Waals surface area contributed by atoms with E-state index in [0.29, 0.717) is 10.6 Å². The van der Waals surface area contributed by atoms with Gasteiger partial charge in [0.15, 0.2) is 0 Å². The highest BCUT2D eigenvalue weighted by molar-refractivity contribution is 7.15. The van der Waals surface area contributed by atoms with Gasteiger partial charge < -0.3 is 9.84 Å². The van der Waals surface area contributed by atoms with Gasteiger partial charge in [0.1, 0.15) is 11.3 Å². The molecule has 0 spiro atoms. The molecule has 0 saturated heterocycles. The minimum absolute atomic E-state index is 0.0533. The predicted octanol–water partition coefficient (Wildman–Crippen LogP) is 5.43. The Hall–Kier alpha value is -2.87. The van der Waals surface area contributed by atoms with Crippen LogP contribution < -0.4 is 4.74 Å². The molecule has 0 atom stereocenters. The molecule has 4 nitrogen and oxygen atoms in total. The zero-order chi connectivity index (χ0) is 20.5. The van der Waals surface area contributed by atoms with Crippen LogP contribution in [-0.4, -0.2) is 23.2 Å². The Morgan fingerprint density at radius 3 is 2.61 bits per heavy atom. The Balaban J connectivity index is 1.91. The Bertz CT molecular complexity index is 1030. The average molecular weight is 407 g/mol. The standard InChI is InChI=1S/C20H16F3NO3S/c1-11-18(13-6-7-15(19(25)26)16(10-13)27-2)28-17(24-11)9-12-4-3-5-14(8-12)20(21,22)23/h3-8,10H,9H2,1-2H3,(H,25,26). The second-order valence-corrected chi connectivity index (χ2v) is 7.20. The Labute approximate surface area is 163 Å². The number of methoxy groups -OCH3 is 1. The molecule has 0 saturated carbocycles. The molecule has 0 aliphatic rings. The molecule has 0 fully saturated rings. The summed E-state index contributed by atoms with van der Waals surface area (Å²) in [5.74, 6) is -0.855. The monoisotopic (exact) mass is 407 g/mol. The van der Waals surface area contributed by atoms with Crippen LogP contribution in [0.4, 0.5) is 13.2 Å². The van der Waals surface area contributed by atoms with Crippen LogP contribution in [0, 0.1) is 6.92 Å². The summed E-state index contributed by atoms with van der Waals surface area (Å²) in [6, 6.07) is 9.94. The lowest BCUT2D eigenvalue weighted by atomic mass is 10.1. The van der Waals surface area contributed by atoms with E-state index in [0.717, 1.165) is 28.3 Å². The van der Waals surface area contributed by atoms with Crippen LogP contribution in [0.1, 0.15) is 32.2 Å². The largest absolute Gasteiger partial charge is 0.496 e. The molecule has 0 radical (unpaired) electrons. The van der Waals surface area contributed by atoms with E-state index >= 15 is 0 Å². The van der Waals surface area contributed by atoms with Crippen molar-refractivity contribution in [2.45, 2.75) is 19.5 Å². The van der Waals surface area contributed by atoms with Crippen LogP contribution >= 0.6 is 11.3 Å². The molecule has 1 aromatic heterocycles. The van der Waals surface area contributed by atoms with Crippen molar-refractivity contribution >= 4 is 17.3 Å². The molecule has 2 aromatic carbocycles. The number of ether oxygens (including phenoxy) is 1. The fourth-order valence-corrected chi connectivity index (χ4v) is 3.93. The molecule has 28 heavy (non-hydrogen) atoms. The summed E-state index contributed by atoms with van der Waals surface area (Å²) in [6.45, 7) is 1.80. The number of nitrogens with zero attached hydrogens (tertiary/aromatic N) is 1. The summed E-state index contributed by atoms with van der Waals surface area (Å²) < 4.78 is 43.8. The van der Waals surface area contributed by atoms with Crippen molar-refractivity contribution < 1.29 is 27.8 Å². The van der Waals surface area contributed by atoms with Gasteiger partial charge in [-0.2, -0.15) is 13.2 Å². The van der Waals surface area contributed by atoms with Crippen LogP contribution in [0.5, 0.6) is 5.75 Å². The van der Waals surface area contributed by atoms with Gasteiger partial charge in [0.2, 0.25) is 0 Å². The van der Waals surface area contributed by atoms with Crippen LogP contribution in [0.3, 0.4) is 0 Å². The number of alkyl halides is 3. The minimum atomic E-state index is -4.39. The molecule has 0 aliphatic carbocycles. The number of aryl methyl sites for hydroxylation is 1. The summed E-state index contributed by atoms with van der Waals surface area (Å²) >= 11 is 1.36. The number of hydrogen-bond acceptors (Lipinski definition) is 4. The maximum atomic E-state index is 12.9. The summed E-state index contributed by atoms with van der Waals surface area (Å²) in [4.78, 5) is 16.5. The smallest absolute Gasteiger partial charge is 0.416 e. The number of thiazole rings is 1. The van der Waals surface area contributed by atoms with Gasteiger partial charge in [-0.05, 0) is 36.2 Å². The molecule has 1 heterocycles. The molecular weight excluding hydrogens is 391 g/mol. The van der Waals surface area contributed by atoms with Gasteiger partial charge in [-0.3, -0.25) is 0 Å². The summed E-state index contributed by atoms with van der Waals surface area (Å²) in [7, 11) is 1.39. The van der Waals surface area contributed by atoms with E-state index < -0.39 is 17.7 Å². The van der Waals surface area contributed by atoms with Crippen LogP contribution in [0.15, 0.2) is 42.5 Å². The van der Waals surface area contributed by atoms with Crippen molar-refractivity contribution in [3.8, 4) is 16.2 Å².